The van der Waals surface area contributed by atoms with Crippen LogP contribution < -0.4 is 5.56 Å². The van der Waals surface area contributed by atoms with Gasteiger partial charge in [0.25, 0.3) is 5.56 Å². The summed E-state index contributed by atoms with van der Waals surface area (Å²) >= 11 is 1.31. The van der Waals surface area contributed by atoms with Crippen molar-refractivity contribution in [3.05, 3.63) is 57.3 Å². The number of rotatable bonds is 2. The van der Waals surface area contributed by atoms with Gasteiger partial charge in [-0.1, -0.05) is 29.8 Å². The molecule has 20 heavy (non-hydrogen) atoms. The van der Waals surface area contributed by atoms with Crippen LogP contribution in [0.4, 0.5) is 0 Å². The van der Waals surface area contributed by atoms with E-state index in [1.54, 1.807) is 5.38 Å². The summed E-state index contributed by atoms with van der Waals surface area (Å²) in [6.45, 7) is 1.98. The minimum atomic E-state index is -1.27. The van der Waals surface area contributed by atoms with Gasteiger partial charge in [-0.3, -0.25) is 9.20 Å². The molecule has 1 N–H and O–H groups in total. The molecule has 0 amide bonds. The largest absolute Gasteiger partial charge is 0.477 e. The highest BCUT2D eigenvalue weighted by Gasteiger charge is 2.15. The summed E-state index contributed by atoms with van der Waals surface area (Å²) in [5.74, 6) is -1.27. The van der Waals surface area contributed by atoms with Gasteiger partial charge in [-0.25, -0.2) is 9.78 Å². The summed E-state index contributed by atoms with van der Waals surface area (Å²) in [5, 5.41) is 10.8. The van der Waals surface area contributed by atoms with Gasteiger partial charge in [-0.2, -0.15) is 0 Å². The lowest BCUT2D eigenvalue weighted by Gasteiger charge is -2.02. The van der Waals surface area contributed by atoms with E-state index in [0.717, 1.165) is 17.3 Å². The Morgan fingerprint density at radius 1 is 1.30 bits per heavy atom. The molecular formula is C14H10N2O3S. The van der Waals surface area contributed by atoms with Crippen molar-refractivity contribution in [2.45, 2.75) is 6.92 Å². The van der Waals surface area contributed by atoms with Gasteiger partial charge in [0.2, 0.25) is 0 Å². The van der Waals surface area contributed by atoms with Crippen molar-refractivity contribution >= 4 is 22.3 Å². The number of aromatic carboxylic acids is 1. The molecule has 0 saturated heterocycles. The van der Waals surface area contributed by atoms with E-state index in [1.807, 2.05) is 31.2 Å². The highest BCUT2D eigenvalue weighted by atomic mass is 32.1. The number of benzene rings is 1. The molecule has 0 aliphatic heterocycles. The number of aryl methyl sites for hydroxylation is 1. The van der Waals surface area contributed by atoms with Crippen LogP contribution >= 0.6 is 11.3 Å². The Hall–Kier alpha value is -2.47. The third-order valence-electron chi connectivity index (χ3n) is 3.02. The molecule has 0 radical (unpaired) electrons. The van der Waals surface area contributed by atoms with Gasteiger partial charge < -0.3 is 5.11 Å². The molecule has 0 fully saturated rings. The van der Waals surface area contributed by atoms with Crippen LogP contribution in [0.5, 0.6) is 0 Å². The van der Waals surface area contributed by atoms with Crippen LogP contribution in [0.1, 0.15) is 15.9 Å². The number of nitrogens with zero attached hydrogens (tertiary/aromatic N) is 2. The van der Waals surface area contributed by atoms with E-state index in [4.69, 9.17) is 5.11 Å². The summed E-state index contributed by atoms with van der Waals surface area (Å²) in [5.41, 5.74) is 1.75. The number of thiazole rings is 1. The van der Waals surface area contributed by atoms with Gasteiger partial charge in [-0.15, -0.1) is 11.3 Å². The van der Waals surface area contributed by atoms with E-state index >= 15 is 0 Å². The van der Waals surface area contributed by atoms with Crippen molar-refractivity contribution in [2.75, 3.05) is 0 Å². The molecule has 0 atom stereocenters. The third kappa shape index (κ3) is 1.90. The molecule has 1 aromatic carbocycles. The van der Waals surface area contributed by atoms with Gasteiger partial charge in [0.05, 0.1) is 11.9 Å². The normalized spacial score (nSPS) is 10.8. The Labute approximate surface area is 117 Å². The Kier molecular flexibility index (Phi) is 2.87. The first kappa shape index (κ1) is 12.6. The first-order valence-electron chi connectivity index (χ1n) is 5.87. The Balaban J connectivity index is 2.32. The van der Waals surface area contributed by atoms with Crippen molar-refractivity contribution in [3.8, 4) is 11.3 Å². The minimum Gasteiger partial charge on any atom is -0.477 e. The predicted octanol–water partition coefficient (Wildman–Crippen LogP) is 2.43. The molecule has 3 rings (SSSR count). The molecule has 0 saturated carbocycles. The van der Waals surface area contributed by atoms with E-state index in [0.29, 0.717) is 10.7 Å². The maximum absolute atomic E-state index is 12.2. The third-order valence-corrected chi connectivity index (χ3v) is 3.86. The van der Waals surface area contributed by atoms with Crippen molar-refractivity contribution < 1.29 is 9.90 Å². The smallest absolute Gasteiger partial charge is 0.342 e. The van der Waals surface area contributed by atoms with Crippen molar-refractivity contribution in [2.24, 2.45) is 0 Å². The quantitative estimate of drug-likeness (QED) is 0.785. The van der Waals surface area contributed by atoms with Crippen LogP contribution in [-0.4, -0.2) is 20.5 Å². The second kappa shape index (κ2) is 4.57. The molecule has 0 aliphatic carbocycles. The summed E-state index contributed by atoms with van der Waals surface area (Å²) in [4.78, 5) is 27.8. The van der Waals surface area contributed by atoms with Gasteiger partial charge in [-0.05, 0) is 12.5 Å². The average molecular weight is 286 g/mol. The van der Waals surface area contributed by atoms with Crippen molar-refractivity contribution in [1.82, 2.24) is 9.38 Å². The van der Waals surface area contributed by atoms with Crippen LogP contribution in [0.3, 0.4) is 0 Å². The number of fused-ring (bicyclic) bond motifs is 1. The maximum atomic E-state index is 12.2. The van der Waals surface area contributed by atoms with Crippen LogP contribution in [0.2, 0.25) is 0 Å². The first-order valence-corrected chi connectivity index (χ1v) is 6.75. The molecule has 6 heteroatoms. The maximum Gasteiger partial charge on any atom is 0.342 e. The highest BCUT2D eigenvalue weighted by molar-refractivity contribution is 7.15. The van der Waals surface area contributed by atoms with Gasteiger partial charge >= 0.3 is 5.97 Å². The number of aromatic nitrogens is 2. The summed E-state index contributed by atoms with van der Waals surface area (Å²) in [6, 6.07) is 7.68. The zero-order chi connectivity index (χ0) is 14.3. The zero-order valence-corrected chi connectivity index (χ0v) is 11.3. The molecule has 0 bridgehead atoms. The second-order valence-electron chi connectivity index (χ2n) is 4.39. The Morgan fingerprint density at radius 2 is 2.00 bits per heavy atom. The van der Waals surface area contributed by atoms with E-state index in [-0.39, 0.29) is 5.56 Å². The summed E-state index contributed by atoms with van der Waals surface area (Å²) in [7, 11) is 0. The van der Waals surface area contributed by atoms with Crippen LogP contribution in [0.25, 0.3) is 16.2 Å². The topological polar surface area (TPSA) is 71.7 Å². The van der Waals surface area contributed by atoms with Gasteiger partial charge in [0.1, 0.15) is 5.56 Å². The highest BCUT2D eigenvalue weighted by Crippen LogP contribution is 2.24. The molecule has 0 spiro atoms. The molecule has 3 aromatic rings. The molecule has 2 aromatic heterocycles. The molecule has 100 valence electrons. The van der Waals surface area contributed by atoms with Crippen LogP contribution in [0.15, 0.2) is 40.6 Å². The lowest BCUT2D eigenvalue weighted by atomic mass is 10.1. The summed E-state index contributed by atoms with van der Waals surface area (Å²) in [6.07, 6.45) is 1.11. The number of carboxylic acid groups (broad SMARTS) is 1. The fourth-order valence-corrected chi connectivity index (χ4v) is 2.82. The van der Waals surface area contributed by atoms with E-state index in [2.05, 4.69) is 4.98 Å². The van der Waals surface area contributed by atoms with Crippen LogP contribution in [-0.2, 0) is 0 Å². The molecule has 2 heterocycles. The first-order chi connectivity index (χ1) is 9.58. The number of hydrogen-bond donors (Lipinski definition) is 1. The number of hydrogen-bond acceptors (Lipinski definition) is 4. The average Bonchev–Trinajstić information content (AvgIpc) is 2.84. The molecule has 0 unspecified atom stereocenters. The van der Waals surface area contributed by atoms with Gasteiger partial charge in [0, 0.05) is 5.38 Å². The van der Waals surface area contributed by atoms with E-state index < -0.39 is 11.5 Å². The lowest BCUT2D eigenvalue weighted by molar-refractivity contribution is 0.0694. The molecule has 0 aliphatic rings. The number of carbonyl (C=O) groups is 1. The lowest BCUT2D eigenvalue weighted by Crippen LogP contribution is -2.22. The fraction of sp³-hybridized carbons (Fsp3) is 0.0714. The van der Waals surface area contributed by atoms with Crippen molar-refractivity contribution in [3.63, 3.8) is 0 Å². The van der Waals surface area contributed by atoms with Gasteiger partial charge in [0.15, 0.2) is 4.96 Å². The van der Waals surface area contributed by atoms with E-state index in [9.17, 15) is 9.59 Å². The Morgan fingerprint density at radius 3 is 2.65 bits per heavy atom. The minimum absolute atomic E-state index is 0.325. The predicted molar refractivity (Wildman–Crippen MR) is 76.5 cm³/mol. The fourth-order valence-electron chi connectivity index (χ4n) is 1.97. The molecular weight excluding hydrogens is 276 g/mol. The molecule has 5 nitrogen and oxygen atoms in total. The summed E-state index contributed by atoms with van der Waals surface area (Å²) < 4.78 is 1.35. The SMILES string of the molecule is Cc1ccc(-c2csc3ncc(C(=O)O)c(=O)n23)cc1. The van der Waals surface area contributed by atoms with Crippen molar-refractivity contribution in [1.29, 1.82) is 0 Å². The Bertz CT molecular complexity index is 862. The standard InChI is InChI=1S/C14H10N2O3S/c1-8-2-4-9(5-3-8)11-7-20-14-15-6-10(13(18)19)12(17)16(11)14/h2-7H,1H3,(H,18,19). The van der Waals surface area contributed by atoms with Crippen LogP contribution in [0, 0.1) is 6.92 Å². The number of carboxylic acids is 1. The monoisotopic (exact) mass is 286 g/mol. The van der Waals surface area contributed by atoms with E-state index in [1.165, 1.54) is 15.7 Å². The zero-order valence-electron chi connectivity index (χ0n) is 10.5. The second-order valence-corrected chi connectivity index (χ2v) is 5.22.